The maximum absolute atomic E-state index is 12.8. The quantitative estimate of drug-likeness (QED) is 0.648. The van der Waals surface area contributed by atoms with E-state index in [2.05, 4.69) is 6.07 Å². The number of benzene rings is 1. The van der Waals surface area contributed by atoms with Crippen LogP contribution in [0.4, 0.5) is 0 Å². The third-order valence-corrected chi connectivity index (χ3v) is 6.80. The molecule has 4 saturated carbocycles. The average molecular weight is 385 g/mol. The van der Waals surface area contributed by atoms with Gasteiger partial charge in [-0.15, -0.1) is 0 Å². The predicted octanol–water partition coefficient (Wildman–Crippen LogP) is 5.28. The lowest BCUT2D eigenvalue weighted by molar-refractivity contribution is -0.00529. The fourth-order valence-corrected chi connectivity index (χ4v) is 6.24. The number of rotatable bonds is 5. The van der Waals surface area contributed by atoms with Crippen molar-refractivity contribution < 1.29 is 19.1 Å². The molecule has 0 saturated heterocycles. The summed E-state index contributed by atoms with van der Waals surface area (Å²) in [5, 5.41) is 0. The van der Waals surface area contributed by atoms with Crippen molar-refractivity contribution in [2.45, 2.75) is 83.8 Å². The van der Waals surface area contributed by atoms with Gasteiger partial charge in [0.25, 0.3) is 0 Å². The largest absolute Gasteiger partial charge is 0.459 e. The molecule has 0 spiro atoms. The molecule has 152 valence electrons. The number of hydrogen-bond donors (Lipinski definition) is 0. The Kier molecular flexibility index (Phi) is 5.01. The summed E-state index contributed by atoms with van der Waals surface area (Å²) in [6.45, 7) is 7.28. The molecule has 28 heavy (non-hydrogen) atoms. The zero-order valence-electron chi connectivity index (χ0n) is 17.5. The van der Waals surface area contributed by atoms with Crippen LogP contribution in [-0.4, -0.2) is 24.1 Å². The Bertz CT molecular complexity index is 742. The lowest BCUT2D eigenvalue weighted by Crippen LogP contribution is -2.48. The summed E-state index contributed by atoms with van der Waals surface area (Å²) in [6, 6.07) is 5.79. The Morgan fingerprint density at radius 1 is 0.821 bits per heavy atom. The van der Waals surface area contributed by atoms with E-state index in [1.807, 2.05) is 33.8 Å². The summed E-state index contributed by atoms with van der Waals surface area (Å²) in [4.78, 5) is 25.4. The van der Waals surface area contributed by atoms with Crippen molar-refractivity contribution in [1.82, 2.24) is 0 Å². The summed E-state index contributed by atoms with van der Waals surface area (Å²) >= 11 is 0. The molecule has 0 heterocycles. The van der Waals surface area contributed by atoms with Gasteiger partial charge in [0.1, 0.15) is 0 Å². The smallest absolute Gasteiger partial charge is 0.339 e. The van der Waals surface area contributed by atoms with Crippen LogP contribution in [0.2, 0.25) is 0 Å². The first-order chi connectivity index (χ1) is 13.3. The van der Waals surface area contributed by atoms with E-state index >= 15 is 0 Å². The summed E-state index contributed by atoms with van der Waals surface area (Å²) in [6.07, 6.45) is 7.31. The molecule has 4 nitrogen and oxygen atoms in total. The Labute approximate surface area is 168 Å². The van der Waals surface area contributed by atoms with Gasteiger partial charge in [-0.2, -0.15) is 0 Å². The monoisotopic (exact) mass is 384 g/mol. The van der Waals surface area contributed by atoms with Crippen LogP contribution in [0.5, 0.6) is 0 Å². The lowest BCUT2D eigenvalue weighted by atomic mass is 9.48. The standard InChI is InChI=1S/C24H32O4/c1-14(2)27-22(25)20-6-5-19(10-21(20)23(26)28-15(3)4)24-11-16-7-17(12-24)9-18(8-16)13-24/h5-6,10,14-18H,7-9,11-13H2,1-4H3. The molecule has 4 fully saturated rings. The molecule has 4 bridgehead atoms. The first-order valence-electron chi connectivity index (χ1n) is 10.8. The van der Waals surface area contributed by atoms with Gasteiger partial charge in [0.05, 0.1) is 23.3 Å². The van der Waals surface area contributed by atoms with Crippen LogP contribution in [-0.2, 0) is 14.9 Å². The molecule has 1 aromatic rings. The van der Waals surface area contributed by atoms with Gasteiger partial charge in [0.2, 0.25) is 0 Å². The number of carbonyl (C=O) groups is 2. The summed E-state index contributed by atoms with van der Waals surface area (Å²) in [5.41, 5.74) is 2.05. The highest BCUT2D eigenvalue weighted by molar-refractivity contribution is 6.03. The minimum Gasteiger partial charge on any atom is -0.459 e. The molecule has 4 aliphatic rings. The van der Waals surface area contributed by atoms with E-state index in [9.17, 15) is 9.59 Å². The summed E-state index contributed by atoms with van der Waals surface area (Å²) in [7, 11) is 0. The molecule has 0 atom stereocenters. The molecule has 0 amide bonds. The minimum atomic E-state index is -0.456. The van der Waals surface area contributed by atoms with E-state index in [1.165, 1.54) is 44.1 Å². The van der Waals surface area contributed by atoms with Gasteiger partial charge in [-0.25, -0.2) is 9.59 Å². The Morgan fingerprint density at radius 3 is 1.75 bits per heavy atom. The molecule has 0 aromatic heterocycles. The van der Waals surface area contributed by atoms with Crippen molar-refractivity contribution >= 4 is 11.9 Å². The number of hydrogen-bond acceptors (Lipinski definition) is 4. The molecule has 0 N–H and O–H groups in total. The molecule has 0 aliphatic heterocycles. The minimum absolute atomic E-state index is 0.169. The van der Waals surface area contributed by atoms with Crippen molar-refractivity contribution in [3.05, 3.63) is 34.9 Å². The van der Waals surface area contributed by atoms with Crippen LogP contribution in [0.15, 0.2) is 18.2 Å². The number of ether oxygens (including phenoxy) is 2. The van der Waals surface area contributed by atoms with Crippen molar-refractivity contribution in [2.24, 2.45) is 17.8 Å². The van der Waals surface area contributed by atoms with Gasteiger partial charge in [0.15, 0.2) is 0 Å². The molecule has 4 aliphatic carbocycles. The molecule has 1 aromatic carbocycles. The average Bonchev–Trinajstić information content (AvgIpc) is 2.59. The zero-order valence-corrected chi connectivity index (χ0v) is 17.5. The second kappa shape index (κ2) is 7.20. The first kappa shape index (κ1) is 19.5. The molecular weight excluding hydrogens is 352 g/mol. The van der Waals surface area contributed by atoms with Crippen molar-refractivity contribution in [3.8, 4) is 0 Å². The molecule has 0 unspecified atom stereocenters. The van der Waals surface area contributed by atoms with Crippen LogP contribution >= 0.6 is 0 Å². The maximum Gasteiger partial charge on any atom is 0.339 e. The lowest BCUT2D eigenvalue weighted by Gasteiger charge is -2.57. The highest BCUT2D eigenvalue weighted by Gasteiger charge is 2.51. The Hall–Kier alpha value is -1.84. The van der Waals surface area contributed by atoms with E-state index in [4.69, 9.17) is 9.47 Å². The number of carbonyl (C=O) groups excluding carboxylic acids is 2. The van der Waals surface area contributed by atoms with Crippen LogP contribution in [0.3, 0.4) is 0 Å². The fraction of sp³-hybridized carbons (Fsp3) is 0.667. The Balaban J connectivity index is 1.71. The van der Waals surface area contributed by atoms with Crippen LogP contribution in [0.1, 0.15) is 92.5 Å². The molecule has 5 rings (SSSR count). The van der Waals surface area contributed by atoms with Crippen LogP contribution < -0.4 is 0 Å². The summed E-state index contributed by atoms with van der Waals surface area (Å²) in [5.74, 6) is 1.58. The van der Waals surface area contributed by atoms with Gasteiger partial charge >= 0.3 is 11.9 Å². The van der Waals surface area contributed by atoms with E-state index in [-0.39, 0.29) is 17.6 Å². The fourth-order valence-electron chi connectivity index (χ4n) is 6.24. The van der Waals surface area contributed by atoms with Crippen molar-refractivity contribution in [3.63, 3.8) is 0 Å². The van der Waals surface area contributed by atoms with E-state index in [1.54, 1.807) is 6.07 Å². The SMILES string of the molecule is CC(C)OC(=O)c1ccc(C23CC4CC(CC(C4)C2)C3)cc1C(=O)OC(C)C. The molecule has 4 heteroatoms. The van der Waals surface area contributed by atoms with Crippen molar-refractivity contribution in [2.75, 3.05) is 0 Å². The normalized spacial score (nSPS) is 30.7. The second-order valence-corrected chi connectivity index (χ2v) is 9.87. The van der Waals surface area contributed by atoms with E-state index in [0.717, 1.165) is 17.8 Å². The third-order valence-electron chi connectivity index (χ3n) is 6.80. The van der Waals surface area contributed by atoms with Gasteiger partial charge < -0.3 is 9.47 Å². The summed E-state index contributed by atoms with van der Waals surface area (Å²) < 4.78 is 10.8. The van der Waals surface area contributed by atoms with Gasteiger partial charge in [-0.1, -0.05) is 6.07 Å². The number of esters is 2. The van der Waals surface area contributed by atoms with Gasteiger partial charge in [-0.05, 0) is 107 Å². The topological polar surface area (TPSA) is 52.6 Å². The van der Waals surface area contributed by atoms with E-state index in [0.29, 0.717) is 11.1 Å². The molecule has 0 radical (unpaired) electrons. The van der Waals surface area contributed by atoms with Crippen LogP contribution in [0.25, 0.3) is 0 Å². The highest BCUT2D eigenvalue weighted by Crippen LogP contribution is 2.60. The highest BCUT2D eigenvalue weighted by atomic mass is 16.5. The van der Waals surface area contributed by atoms with Crippen LogP contribution in [0, 0.1) is 17.8 Å². The van der Waals surface area contributed by atoms with E-state index < -0.39 is 11.9 Å². The van der Waals surface area contributed by atoms with Crippen molar-refractivity contribution in [1.29, 1.82) is 0 Å². The van der Waals surface area contributed by atoms with Gasteiger partial charge in [0, 0.05) is 0 Å². The maximum atomic E-state index is 12.8. The molecular formula is C24H32O4. The predicted molar refractivity (Wildman–Crippen MR) is 107 cm³/mol. The Morgan fingerprint density at radius 2 is 1.29 bits per heavy atom. The zero-order chi connectivity index (χ0) is 20.1. The second-order valence-electron chi connectivity index (χ2n) is 9.87. The van der Waals surface area contributed by atoms with Gasteiger partial charge in [-0.3, -0.25) is 0 Å². The third kappa shape index (κ3) is 3.58. The first-order valence-corrected chi connectivity index (χ1v) is 10.8.